The first kappa shape index (κ1) is 19.7. The van der Waals surface area contributed by atoms with E-state index in [1.165, 1.54) is 23.5 Å². The quantitative estimate of drug-likeness (QED) is 0.560. The van der Waals surface area contributed by atoms with Gasteiger partial charge in [-0.15, -0.1) is 0 Å². The monoisotopic (exact) mass is 366 g/mol. The fraction of sp³-hybridized carbons (Fsp3) is 0.938. The van der Waals surface area contributed by atoms with E-state index in [-0.39, 0.29) is 10.7 Å². The van der Waals surface area contributed by atoms with Crippen LogP contribution in [0.25, 0.3) is 0 Å². The third-order valence-electron chi connectivity index (χ3n) is 4.55. The molecule has 0 aromatic heterocycles. The van der Waals surface area contributed by atoms with Gasteiger partial charge < -0.3 is 10.6 Å². The Bertz CT molecular complexity index is 422. The molecule has 2 rings (SSSR count). The fourth-order valence-electron chi connectivity index (χ4n) is 3.27. The van der Waals surface area contributed by atoms with Crippen LogP contribution >= 0.6 is 11.8 Å². The Morgan fingerprint density at radius 2 is 2.17 bits per heavy atom. The minimum atomic E-state index is -4.10. The number of thioether (sulfide) groups is 1. The first-order valence-corrected chi connectivity index (χ1v) is 9.73. The molecule has 0 saturated carbocycles. The van der Waals surface area contributed by atoms with Crippen LogP contribution in [0.2, 0.25) is 0 Å². The maximum absolute atomic E-state index is 12.4. The molecule has 0 bridgehead atoms. The number of alkyl halides is 3. The molecule has 140 valence electrons. The summed E-state index contributed by atoms with van der Waals surface area (Å²) in [7, 11) is 0. The first-order chi connectivity index (χ1) is 11.3. The minimum Gasteiger partial charge on any atom is -0.357 e. The van der Waals surface area contributed by atoms with E-state index in [1.54, 1.807) is 0 Å². The standard InChI is InChI=1S/C16H29F3N4S/c1-3-20-14(22-11-15(2)6-4-8-24-15)21-9-13-5-7-23(10-13)12-16(17,18)19/h13H,3-12H2,1-2H3,(H2,20,21,22). The smallest absolute Gasteiger partial charge is 0.357 e. The van der Waals surface area contributed by atoms with Gasteiger partial charge in [0.1, 0.15) is 0 Å². The Kier molecular flexibility index (Phi) is 7.10. The number of nitrogens with one attached hydrogen (secondary N) is 2. The van der Waals surface area contributed by atoms with Crippen LogP contribution in [0, 0.1) is 5.92 Å². The highest BCUT2D eigenvalue weighted by atomic mass is 32.2. The molecule has 2 fully saturated rings. The Morgan fingerprint density at radius 1 is 1.38 bits per heavy atom. The molecule has 24 heavy (non-hydrogen) atoms. The van der Waals surface area contributed by atoms with Gasteiger partial charge in [-0.3, -0.25) is 9.89 Å². The van der Waals surface area contributed by atoms with Crippen LogP contribution in [0.3, 0.4) is 0 Å². The van der Waals surface area contributed by atoms with E-state index in [0.29, 0.717) is 19.6 Å². The molecule has 2 aliphatic rings. The van der Waals surface area contributed by atoms with E-state index in [2.05, 4.69) is 22.5 Å². The lowest BCUT2D eigenvalue weighted by Crippen LogP contribution is -2.41. The second-order valence-electron chi connectivity index (χ2n) is 6.98. The average molecular weight is 366 g/mol. The predicted molar refractivity (Wildman–Crippen MR) is 94.7 cm³/mol. The van der Waals surface area contributed by atoms with Gasteiger partial charge in [0, 0.05) is 24.4 Å². The summed E-state index contributed by atoms with van der Waals surface area (Å²) < 4.78 is 37.6. The molecular formula is C16H29F3N4S. The van der Waals surface area contributed by atoms with Crippen molar-refractivity contribution in [2.45, 2.75) is 44.0 Å². The molecule has 4 nitrogen and oxygen atoms in total. The number of guanidine groups is 1. The average Bonchev–Trinajstić information content (AvgIpc) is 3.10. The second-order valence-corrected chi connectivity index (χ2v) is 8.67. The van der Waals surface area contributed by atoms with E-state index < -0.39 is 12.7 Å². The Hall–Kier alpha value is -0.630. The van der Waals surface area contributed by atoms with Gasteiger partial charge in [0.15, 0.2) is 5.96 Å². The zero-order valence-electron chi connectivity index (χ0n) is 14.6. The number of aliphatic imine (C=N–C) groups is 1. The van der Waals surface area contributed by atoms with Crippen molar-refractivity contribution in [1.82, 2.24) is 15.5 Å². The van der Waals surface area contributed by atoms with Crippen molar-refractivity contribution in [3.05, 3.63) is 0 Å². The van der Waals surface area contributed by atoms with Crippen molar-refractivity contribution in [3.8, 4) is 0 Å². The van der Waals surface area contributed by atoms with Gasteiger partial charge in [-0.05, 0) is 51.3 Å². The first-order valence-electron chi connectivity index (χ1n) is 8.75. The maximum Gasteiger partial charge on any atom is 0.401 e. The Balaban J connectivity index is 1.77. The Labute approximate surface area is 147 Å². The summed E-state index contributed by atoms with van der Waals surface area (Å²) in [4.78, 5) is 6.18. The van der Waals surface area contributed by atoms with E-state index in [0.717, 1.165) is 25.5 Å². The van der Waals surface area contributed by atoms with Crippen molar-refractivity contribution >= 4 is 17.7 Å². The van der Waals surface area contributed by atoms with Crippen LogP contribution < -0.4 is 10.6 Å². The number of rotatable bonds is 6. The molecule has 2 unspecified atom stereocenters. The number of nitrogens with zero attached hydrogens (tertiary/aromatic N) is 2. The SMILES string of the molecule is CCNC(=NCC1(C)CCCS1)NCC1CCN(CC(F)(F)F)C1. The van der Waals surface area contributed by atoms with Gasteiger partial charge in [-0.25, -0.2) is 0 Å². The van der Waals surface area contributed by atoms with Crippen LogP contribution in [0.1, 0.15) is 33.1 Å². The molecule has 2 heterocycles. The molecule has 0 amide bonds. The van der Waals surface area contributed by atoms with Gasteiger partial charge >= 0.3 is 6.18 Å². The molecule has 2 atom stereocenters. The molecule has 2 aliphatic heterocycles. The van der Waals surface area contributed by atoms with Gasteiger partial charge in [0.2, 0.25) is 0 Å². The van der Waals surface area contributed by atoms with Gasteiger partial charge in [0.25, 0.3) is 0 Å². The summed E-state index contributed by atoms with van der Waals surface area (Å²) >= 11 is 1.98. The topological polar surface area (TPSA) is 39.7 Å². The summed E-state index contributed by atoms with van der Waals surface area (Å²) in [5.74, 6) is 2.22. The highest BCUT2D eigenvalue weighted by Crippen LogP contribution is 2.37. The molecular weight excluding hydrogens is 337 g/mol. The summed E-state index contributed by atoms with van der Waals surface area (Å²) in [6.07, 6.45) is -0.865. The summed E-state index contributed by atoms with van der Waals surface area (Å²) in [5, 5.41) is 6.54. The van der Waals surface area contributed by atoms with Gasteiger partial charge in [-0.1, -0.05) is 0 Å². The van der Waals surface area contributed by atoms with E-state index in [4.69, 9.17) is 0 Å². The summed E-state index contributed by atoms with van der Waals surface area (Å²) in [6, 6.07) is 0. The van der Waals surface area contributed by atoms with Crippen molar-refractivity contribution in [3.63, 3.8) is 0 Å². The van der Waals surface area contributed by atoms with Gasteiger partial charge in [-0.2, -0.15) is 24.9 Å². The van der Waals surface area contributed by atoms with E-state index in [1.807, 2.05) is 18.7 Å². The van der Waals surface area contributed by atoms with E-state index in [9.17, 15) is 13.2 Å². The molecule has 0 aliphatic carbocycles. The third kappa shape index (κ3) is 6.70. The second kappa shape index (κ2) is 8.65. The van der Waals surface area contributed by atoms with Crippen molar-refractivity contribution in [2.75, 3.05) is 45.0 Å². The highest BCUT2D eigenvalue weighted by molar-refractivity contribution is 8.00. The van der Waals surface area contributed by atoms with Crippen molar-refractivity contribution in [1.29, 1.82) is 0 Å². The lowest BCUT2D eigenvalue weighted by molar-refractivity contribution is -0.143. The zero-order valence-corrected chi connectivity index (χ0v) is 15.4. The normalized spacial score (nSPS) is 29.2. The van der Waals surface area contributed by atoms with E-state index >= 15 is 0 Å². The third-order valence-corrected chi connectivity index (χ3v) is 6.07. The van der Waals surface area contributed by atoms with Crippen LogP contribution in [-0.2, 0) is 0 Å². The van der Waals surface area contributed by atoms with Crippen LogP contribution in [0.4, 0.5) is 13.2 Å². The molecule has 0 aromatic rings. The number of hydrogen-bond acceptors (Lipinski definition) is 3. The largest absolute Gasteiger partial charge is 0.401 e. The molecule has 2 N–H and O–H groups in total. The number of halogens is 3. The maximum atomic E-state index is 12.4. The molecule has 0 aromatic carbocycles. The Morgan fingerprint density at radius 3 is 2.79 bits per heavy atom. The summed E-state index contributed by atoms with van der Waals surface area (Å²) in [6.45, 7) is 6.72. The van der Waals surface area contributed by atoms with Crippen LogP contribution in [-0.4, -0.2) is 66.8 Å². The van der Waals surface area contributed by atoms with Crippen molar-refractivity contribution in [2.24, 2.45) is 10.9 Å². The van der Waals surface area contributed by atoms with Crippen LogP contribution in [0.5, 0.6) is 0 Å². The highest BCUT2D eigenvalue weighted by Gasteiger charge is 2.34. The van der Waals surface area contributed by atoms with Gasteiger partial charge in [0.05, 0.1) is 13.1 Å². The molecule has 0 radical (unpaired) electrons. The fourth-order valence-corrected chi connectivity index (χ4v) is 4.49. The zero-order chi connectivity index (χ0) is 17.6. The van der Waals surface area contributed by atoms with Crippen molar-refractivity contribution < 1.29 is 13.2 Å². The minimum absolute atomic E-state index is 0.221. The number of likely N-dealkylation sites (tertiary alicyclic amines) is 1. The molecule has 2 saturated heterocycles. The van der Waals surface area contributed by atoms with Crippen LogP contribution in [0.15, 0.2) is 4.99 Å². The lowest BCUT2D eigenvalue weighted by atomic mass is 10.1. The number of hydrogen-bond donors (Lipinski definition) is 2. The lowest BCUT2D eigenvalue weighted by Gasteiger charge is -2.22. The predicted octanol–water partition coefficient (Wildman–Crippen LogP) is 2.71. The summed E-state index contributed by atoms with van der Waals surface area (Å²) in [5.41, 5.74) is 0. The molecule has 8 heteroatoms. The molecule has 0 spiro atoms.